The summed E-state index contributed by atoms with van der Waals surface area (Å²) in [5.41, 5.74) is 1.86. The number of rotatable bonds is 4. The maximum Gasteiger partial charge on any atom is 0.249 e. The summed E-state index contributed by atoms with van der Waals surface area (Å²) >= 11 is 6.07. The zero-order chi connectivity index (χ0) is 13.8. The molecule has 2 aromatic rings. The van der Waals surface area contributed by atoms with Gasteiger partial charge < -0.3 is 10.6 Å². The van der Waals surface area contributed by atoms with E-state index in [0.717, 1.165) is 11.3 Å². The van der Waals surface area contributed by atoms with Crippen molar-refractivity contribution in [2.45, 2.75) is 26.8 Å². The molecule has 0 spiro atoms. The van der Waals surface area contributed by atoms with Gasteiger partial charge in [0.1, 0.15) is 0 Å². The quantitative estimate of drug-likeness (QED) is 0.897. The van der Waals surface area contributed by atoms with E-state index in [2.05, 4.69) is 25.8 Å². The minimum absolute atomic E-state index is 0.290. The van der Waals surface area contributed by atoms with Crippen LogP contribution in [0.4, 0.5) is 17.5 Å². The number of hydrogen-bond donors (Lipinski definition) is 2. The fourth-order valence-electron chi connectivity index (χ4n) is 1.52. The Morgan fingerprint density at radius 2 is 2.05 bits per heavy atom. The first-order valence-corrected chi connectivity index (χ1v) is 6.42. The van der Waals surface area contributed by atoms with Crippen molar-refractivity contribution < 1.29 is 0 Å². The first kappa shape index (κ1) is 13.5. The Labute approximate surface area is 117 Å². The molecule has 0 fully saturated rings. The van der Waals surface area contributed by atoms with Gasteiger partial charge in [0, 0.05) is 16.8 Å². The van der Waals surface area contributed by atoms with Gasteiger partial charge in [0.15, 0.2) is 5.82 Å². The van der Waals surface area contributed by atoms with E-state index in [-0.39, 0.29) is 0 Å². The van der Waals surface area contributed by atoms with Crippen LogP contribution in [0.25, 0.3) is 0 Å². The van der Waals surface area contributed by atoms with E-state index in [9.17, 15) is 0 Å². The molecule has 1 heterocycles. The Bertz CT molecular complexity index is 571. The molecule has 5 nitrogen and oxygen atoms in total. The summed E-state index contributed by atoms with van der Waals surface area (Å²) in [5.74, 6) is 1.12. The van der Waals surface area contributed by atoms with Crippen molar-refractivity contribution in [2.24, 2.45) is 0 Å². The average Bonchev–Trinajstić information content (AvgIpc) is 2.33. The van der Waals surface area contributed by atoms with E-state index in [1.165, 1.54) is 0 Å². The van der Waals surface area contributed by atoms with Gasteiger partial charge in [-0.3, -0.25) is 0 Å². The molecule has 0 atom stereocenters. The van der Waals surface area contributed by atoms with Gasteiger partial charge in [-0.2, -0.15) is 10.1 Å². The second-order valence-corrected chi connectivity index (χ2v) is 4.96. The number of nitrogens with zero attached hydrogens (tertiary/aromatic N) is 3. The van der Waals surface area contributed by atoms with Crippen LogP contribution in [0.2, 0.25) is 5.02 Å². The van der Waals surface area contributed by atoms with Crippen molar-refractivity contribution in [2.75, 3.05) is 10.6 Å². The standard InChI is InChI=1S/C13H16ClN5/c1-8(2)16-12-7-15-19-13(18-12)17-10-5-4-9(3)11(14)6-10/h4-8H,1-3H3,(H2,16,17,18,19). The van der Waals surface area contributed by atoms with Gasteiger partial charge in [0.2, 0.25) is 5.95 Å². The average molecular weight is 278 g/mol. The number of benzene rings is 1. The highest BCUT2D eigenvalue weighted by molar-refractivity contribution is 6.31. The van der Waals surface area contributed by atoms with Crippen LogP contribution in [0.1, 0.15) is 19.4 Å². The second kappa shape index (κ2) is 5.84. The van der Waals surface area contributed by atoms with Gasteiger partial charge in [0.05, 0.1) is 6.20 Å². The molecule has 0 saturated heterocycles. The maximum atomic E-state index is 6.07. The molecule has 0 saturated carbocycles. The summed E-state index contributed by atoms with van der Waals surface area (Å²) in [4.78, 5) is 4.32. The number of hydrogen-bond acceptors (Lipinski definition) is 5. The number of aryl methyl sites for hydroxylation is 1. The van der Waals surface area contributed by atoms with Gasteiger partial charge in [-0.15, -0.1) is 5.10 Å². The summed E-state index contributed by atoms with van der Waals surface area (Å²) in [6, 6.07) is 5.99. The van der Waals surface area contributed by atoms with Gasteiger partial charge >= 0.3 is 0 Å². The molecule has 6 heteroatoms. The van der Waals surface area contributed by atoms with Crippen LogP contribution < -0.4 is 10.6 Å². The second-order valence-electron chi connectivity index (χ2n) is 4.55. The zero-order valence-corrected chi connectivity index (χ0v) is 11.9. The Balaban J connectivity index is 2.16. The molecule has 0 radical (unpaired) electrons. The fourth-order valence-corrected chi connectivity index (χ4v) is 1.70. The first-order chi connectivity index (χ1) is 9.04. The summed E-state index contributed by atoms with van der Waals surface area (Å²) < 4.78 is 0. The molecule has 1 aromatic heterocycles. The van der Waals surface area contributed by atoms with Crippen LogP contribution in [0.15, 0.2) is 24.4 Å². The Morgan fingerprint density at radius 1 is 1.26 bits per heavy atom. The number of nitrogens with one attached hydrogen (secondary N) is 2. The fraction of sp³-hybridized carbons (Fsp3) is 0.308. The third-order valence-electron chi connectivity index (χ3n) is 2.42. The lowest BCUT2D eigenvalue weighted by molar-refractivity contribution is 0.873. The van der Waals surface area contributed by atoms with Crippen molar-refractivity contribution >= 4 is 29.1 Å². The minimum atomic E-state index is 0.290. The molecule has 100 valence electrons. The minimum Gasteiger partial charge on any atom is -0.366 e. The van der Waals surface area contributed by atoms with Crippen LogP contribution >= 0.6 is 11.6 Å². The van der Waals surface area contributed by atoms with Gasteiger partial charge in [0.25, 0.3) is 0 Å². The first-order valence-electron chi connectivity index (χ1n) is 6.04. The van der Waals surface area contributed by atoms with Crippen molar-refractivity contribution in [3.63, 3.8) is 0 Å². The zero-order valence-electron chi connectivity index (χ0n) is 11.1. The molecule has 0 unspecified atom stereocenters. The Kier molecular flexibility index (Phi) is 4.16. The van der Waals surface area contributed by atoms with E-state index < -0.39 is 0 Å². The van der Waals surface area contributed by atoms with E-state index >= 15 is 0 Å². The van der Waals surface area contributed by atoms with E-state index in [4.69, 9.17) is 11.6 Å². The van der Waals surface area contributed by atoms with Crippen LogP contribution in [-0.2, 0) is 0 Å². The van der Waals surface area contributed by atoms with E-state index in [1.54, 1.807) is 6.20 Å². The maximum absolute atomic E-state index is 6.07. The molecule has 0 bridgehead atoms. The highest BCUT2D eigenvalue weighted by Crippen LogP contribution is 2.21. The molecule has 19 heavy (non-hydrogen) atoms. The van der Waals surface area contributed by atoms with Gasteiger partial charge in [-0.25, -0.2) is 0 Å². The molecule has 1 aromatic carbocycles. The third kappa shape index (κ3) is 3.79. The molecule has 0 amide bonds. The molecule has 2 rings (SSSR count). The van der Waals surface area contributed by atoms with Crippen molar-refractivity contribution in [1.82, 2.24) is 15.2 Å². The van der Waals surface area contributed by atoms with Crippen molar-refractivity contribution in [3.05, 3.63) is 35.0 Å². The Morgan fingerprint density at radius 3 is 2.74 bits per heavy atom. The van der Waals surface area contributed by atoms with Crippen LogP contribution in [0, 0.1) is 6.92 Å². The van der Waals surface area contributed by atoms with Crippen LogP contribution in [-0.4, -0.2) is 21.2 Å². The summed E-state index contributed by atoms with van der Waals surface area (Å²) in [7, 11) is 0. The Hall–Kier alpha value is -1.88. The van der Waals surface area contributed by atoms with Crippen LogP contribution in [0.3, 0.4) is 0 Å². The smallest absolute Gasteiger partial charge is 0.249 e. The summed E-state index contributed by atoms with van der Waals surface area (Å²) in [6.07, 6.45) is 1.59. The molecular formula is C13H16ClN5. The largest absolute Gasteiger partial charge is 0.366 e. The van der Waals surface area contributed by atoms with Crippen molar-refractivity contribution in [3.8, 4) is 0 Å². The van der Waals surface area contributed by atoms with Crippen molar-refractivity contribution in [1.29, 1.82) is 0 Å². The highest BCUT2D eigenvalue weighted by atomic mass is 35.5. The highest BCUT2D eigenvalue weighted by Gasteiger charge is 2.03. The summed E-state index contributed by atoms with van der Waals surface area (Å²) in [6.45, 7) is 6.03. The number of halogens is 1. The monoisotopic (exact) mass is 277 g/mol. The van der Waals surface area contributed by atoms with Crippen LogP contribution in [0.5, 0.6) is 0 Å². The van der Waals surface area contributed by atoms with E-state index in [1.807, 2.05) is 39.0 Å². The molecule has 0 aliphatic carbocycles. The lowest BCUT2D eigenvalue weighted by Crippen LogP contribution is -2.12. The normalized spacial score (nSPS) is 10.6. The molecule has 0 aliphatic heterocycles. The third-order valence-corrected chi connectivity index (χ3v) is 2.83. The van der Waals surface area contributed by atoms with Gasteiger partial charge in [-0.05, 0) is 38.5 Å². The van der Waals surface area contributed by atoms with E-state index in [0.29, 0.717) is 22.8 Å². The molecule has 0 aliphatic rings. The lowest BCUT2D eigenvalue weighted by Gasteiger charge is -2.10. The lowest BCUT2D eigenvalue weighted by atomic mass is 10.2. The predicted octanol–water partition coefficient (Wildman–Crippen LogP) is 3.40. The SMILES string of the molecule is Cc1ccc(Nc2nncc(NC(C)C)n2)cc1Cl. The number of anilines is 3. The number of aromatic nitrogens is 3. The predicted molar refractivity (Wildman–Crippen MR) is 78.1 cm³/mol. The molecule has 2 N–H and O–H groups in total. The molecular weight excluding hydrogens is 262 g/mol. The topological polar surface area (TPSA) is 62.7 Å². The summed E-state index contributed by atoms with van der Waals surface area (Å²) in [5, 5.41) is 14.8. The van der Waals surface area contributed by atoms with Gasteiger partial charge in [-0.1, -0.05) is 17.7 Å².